The standard InChI is InChI=1S/C63H60N6O15/c1-58(2,3)79-52(73)64-43-31-37-25-19-20-27-39-33-45-47(68(56(77)83-62(13,14)15)50(71)66(45)54(75)81-60(7,8)9)35-41(39)29-23-24-30-42-36-48-46(67(55(76)82-61(10,11)12)51(72)69(48)57(78)84-63(16,17)18)34-40(42)28-22-21-26-38(37)32-44(43)65(49(64)70)53(74)80-59(4,5)6/h31-36H,1-18H3. The molecule has 0 bridgehead atoms. The molecular weight excluding hydrogens is 1080 g/mol. The average molecular weight is 1140 g/mol. The van der Waals surface area contributed by atoms with Crippen LogP contribution in [-0.2, 0) is 28.4 Å². The van der Waals surface area contributed by atoms with Crippen LogP contribution >= 0.6 is 0 Å². The van der Waals surface area contributed by atoms with E-state index in [0.29, 0.717) is 27.4 Å². The van der Waals surface area contributed by atoms with Gasteiger partial charge in [-0.25, -0.2) is 43.2 Å². The summed E-state index contributed by atoms with van der Waals surface area (Å²) in [6.07, 6.45) is -6.79. The van der Waals surface area contributed by atoms with Crippen LogP contribution in [0.5, 0.6) is 0 Å². The van der Waals surface area contributed by atoms with E-state index in [-0.39, 0.29) is 64.4 Å². The molecule has 21 nitrogen and oxygen atoms in total. The van der Waals surface area contributed by atoms with E-state index in [2.05, 4.69) is 68.8 Å². The first-order chi connectivity index (χ1) is 38.6. The molecule has 0 saturated carbocycles. The van der Waals surface area contributed by atoms with E-state index in [9.17, 15) is 43.2 Å². The number of carbonyl (C=O) groups excluding carboxylic acids is 6. The molecule has 0 atom stereocenters. The van der Waals surface area contributed by atoms with Gasteiger partial charge in [0.25, 0.3) is 0 Å². The summed E-state index contributed by atoms with van der Waals surface area (Å²) < 4.78 is 37.5. The van der Waals surface area contributed by atoms with Crippen molar-refractivity contribution in [2.45, 2.75) is 158 Å². The average Bonchev–Trinajstić information content (AvgIpc) is 1.70. The molecule has 1 aliphatic carbocycles. The highest BCUT2D eigenvalue weighted by Gasteiger charge is 2.33. The lowest BCUT2D eigenvalue weighted by Gasteiger charge is -2.19. The lowest BCUT2D eigenvalue weighted by atomic mass is 10.2. The van der Waals surface area contributed by atoms with Crippen LogP contribution in [0.15, 0.2) is 85.2 Å². The van der Waals surface area contributed by atoms with Crippen molar-refractivity contribution in [3.8, 4) is 0 Å². The molecule has 0 fully saturated rings. The monoisotopic (exact) mass is 1140 g/mol. The number of ether oxygens (including phenoxy) is 6. The van der Waals surface area contributed by atoms with E-state index in [4.69, 9.17) is 28.4 Å². The van der Waals surface area contributed by atoms with E-state index in [0.717, 1.165) is 0 Å². The van der Waals surface area contributed by atoms with Crippen molar-refractivity contribution in [2.24, 2.45) is 0 Å². The summed E-state index contributed by atoms with van der Waals surface area (Å²) in [5.74, 6) is 0. The molecule has 0 unspecified atom stereocenters. The molecule has 0 N–H and O–H groups in total. The summed E-state index contributed by atoms with van der Waals surface area (Å²) in [5, 5.41) is 0.291. The van der Waals surface area contributed by atoms with Crippen LogP contribution < -0.4 is 48.4 Å². The first-order valence-electron chi connectivity index (χ1n) is 26.0. The molecule has 3 aromatic heterocycles. The molecule has 0 amide bonds. The second-order valence-corrected chi connectivity index (χ2v) is 24.9. The number of fused-ring (bicyclic) bond motifs is 6. The fourth-order valence-electron chi connectivity index (χ4n) is 7.84. The van der Waals surface area contributed by atoms with E-state index in [1.165, 1.54) is 36.4 Å². The minimum atomic E-state index is -1.13. The second-order valence-electron chi connectivity index (χ2n) is 24.9. The van der Waals surface area contributed by atoms with E-state index in [1.54, 1.807) is 125 Å². The summed E-state index contributed by atoms with van der Waals surface area (Å²) in [4.78, 5) is 126. The number of imidazole rings is 3. The van der Waals surface area contributed by atoms with Crippen molar-refractivity contribution >= 4 is 104 Å². The first-order valence-corrected chi connectivity index (χ1v) is 26.0. The number of aromatic nitrogens is 6. The molecule has 0 spiro atoms. The highest BCUT2D eigenvalue weighted by molar-refractivity contribution is 5.95. The summed E-state index contributed by atoms with van der Waals surface area (Å²) in [5.41, 5.74) is 23.1. The van der Waals surface area contributed by atoms with E-state index in [1.807, 2.05) is 0 Å². The molecule has 0 saturated heterocycles. The smallest absolute Gasteiger partial charge is 0.423 e. The maximum atomic E-state index is 14.3. The minimum absolute atomic E-state index is 0.0485. The lowest BCUT2D eigenvalue weighted by Crippen LogP contribution is -2.38. The van der Waals surface area contributed by atoms with Crippen molar-refractivity contribution in [1.29, 1.82) is 0 Å². The summed E-state index contributed by atoms with van der Waals surface area (Å²) in [7, 11) is 0. The van der Waals surface area contributed by atoms with Crippen LogP contribution in [0.2, 0.25) is 0 Å². The Kier molecular flexibility index (Phi) is 15.9. The predicted octanol–water partition coefficient (Wildman–Crippen LogP) is 6.02. The van der Waals surface area contributed by atoms with Crippen molar-refractivity contribution in [3.63, 3.8) is 0 Å². The Morgan fingerprint density at radius 2 is 0.381 bits per heavy atom. The van der Waals surface area contributed by atoms with Gasteiger partial charge >= 0.3 is 53.6 Å². The van der Waals surface area contributed by atoms with Gasteiger partial charge in [-0.1, -0.05) is 34.4 Å². The van der Waals surface area contributed by atoms with Crippen molar-refractivity contribution < 1.29 is 57.2 Å². The molecule has 21 heteroatoms. The third kappa shape index (κ3) is 13.9. The maximum Gasteiger partial charge on any atom is 0.423 e. The molecule has 1 aliphatic rings. The zero-order valence-corrected chi connectivity index (χ0v) is 49.8. The first kappa shape index (κ1) is 61.3. The fraction of sp³-hybridized carbons (Fsp3) is 0.381. The zero-order chi connectivity index (χ0) is 62.6. The Balaban J connectivity index is 1.84. The van der Waals surface area contributed by atoms with Crippen molar-refractivity contribution in [3.05, 3.63) is 134 Å². The van der Waals surface area contributed by atoms with Gasteiger partial charge < -0.3 is 28.4 Å². The Morgan fingerprint density at radius 3 is 0.488 bits per heavy atom. The molecule has 432 valence electrons. The Bertz CT molecular complexity index is 4160. The molecule has 0 radical (unpaired) electrons. The Morgan fingerprint density at radius 1 is 0.262 bits per heavy atom. The normalized spacial score (nSPS) is 12.4. The highest BCUT2D eigenvalue weighted by atomic mass is 16.6. The second kappa shape index (κ2) is 21.8. The topological polar surface area (TPSA) is 239 Å². The molecular formula is C63H60N6O15. The van der Waals surface area contributed by atoms with Gasteiger partial charge in [0.2, 0.25) is 0 Å². The number of carbonyl (C=O) groups is 6. The van der Waals surface area contributed by atoms with E-state index < -0.39 is 87.2 Å². The number of nitrogens with zero attached hydrogens (tertiary/aromatic N) is 6. The lowest BCUT2D eigenvalue weighted by molar-refractivity contribution is 0.0495. The molecule has 3 aromatic carbocycles. The van der Waals surface area contributed by atoms with Gasteiger partial charge in [-0.05, 0) is 195 Å². The van der Waals surface area contributed by atoms with Gasteiger partial charge in [-0.2, -0.15) is 27.4 Å². The highest BCUT2D eigenvalue weighted by Crippen LogP contribution is 2.20. The van der Waals surface area contributed by atoms with Gasteiger partial charge in [0.15, 0.2) is 0 Å². The third-order valence-corrected chi connectivity index (χ3v) is 10.8. The SMILES string of the molecule is CC(C)(C)OC(=O)n1c(=O)n(C(=O)OC(C)(C)C)c2cc3c(cc21)=C=C=C=C=c1cc2c(cc1=C=C=C=C=c1cc4c(cc1=C=C=C=C=3)n(C(=O)OC(C)(C)C)c(=O)n4C(=O)OC(C)(C)C)n(C(=O)OC(C)(C)C)c(=O)n2C(=O)OC(C)(C)C. The van der Waals surface area contributed by atoms with Crippen LogP contribution in [0.3, 0.4) is 0 Å². The van der Waals surface area contributed by atoms with Gasteiger partial charge in [0.05, 0.1) is 33.1 Å². The largest absolute Gasteiger partial charge is 0.443 e. The fourth-order valence-corrected chi connectivity index (χ4v) is 7.84. The molecule has 0 aliphatic heterocycles. The van der Waals surface area contributed by atoms with Gasteiger partial charge in [0, 0.05) is 31.3 Å². The van der Waals surface area contributed by atoms with E-state index >= 15 is 0 Å². The maximum absolute atomic E-state index is 14.3. The van der Waals surface area contributed by atoms with Gasteiger partial charge in [-0.3, -0.25) is 0 Å². The van der Waals surface area contributed by atoms with Crippen LogP contribution in [0.4, 0.5) is 28.8 Å². The van der Waals surface area contributed by atoms with Crippen molar-refractivity contribution in [2.75, 3.05) is 0 Å². The molecule has 3 heterocycles. The predicted molar refractivity (Wildman–Crippen MR) is 308 cm³/mol. The summed E-state index contributed by atoms with van der Waals surface area (Å²) in [6.45, 7) is 28.6. The van der Waals surface area contributed by atoms with Gasteiger partial charge in [0.1, 0.15) is 33.6 Å². The number of benzene rings is 3. The quantitative estimate of drug-likeness (QED) is 0.125. The molecule has 6 aromatic rings. The number of rotatable bonds is 0. The van der Waals surface area contributed by atoms with Crippen LogP contribution in [0, 0.1) is 0 Å². The summed E-state index contributed by atoms with van der Waals surface area (Å²) in [6, 6.07) is 7.92. The number of hydrogen-bond acceptors (Lipinski definition) is 15. The van der Waals surface area contributed by atoms with Crippen LogP contribution in [0.1, 0.15) is 125 Å². The van der Waals surface area contributed by atoms with Crippen molar-refractivity contribution in [1.82, 2.24) is 27.4 Å². The van der Waals surface area contributed by atoms with Crippen LogP contribution in [0.25, 0.3) is 67.5 Å². The Labute approximate surface area is 478 Å². The number of hydrogen-bond donors (Lipinski definition) is 0. The molecule has 84 heavy (non-hydrogen) atoms. The molecule has 7 rings (SSSR count). The summed E-state index contributed by atoms with van der Waals surface area (Å²) >= 11 is 0. The van der Waals surface area contributed by atoms with Gasteiger partial charge in [-0.15, -0.1) is 0 Å². The minimum Gasteiger partial charge on any atom is -0.443 e. The third-order valence-electron chi connectivity index (χ3n) is 10.8. The van der Waals surface area contributed by atoms with Crippen LogP contribution in [-0.4, -0.2) is 97.6 Å². The Hall–Kier alpha value is -10.3. The zero-order valence-electron chi connectivity index (χ0n) is 49.8.